The van der Waals surface area contributed by atoms with Crippen LogP contribution < -0.4 is 0 Å². The quantitative estimate of drug-likeness (QED) is 0.273. The van der Waals surface area contributed by atoms with Gasteiger partial charge in [0.05, 0.1) is 0 Å². The van der Waals surface area contributed by atoms with Crippen LogP contribution in [0.2, 0.25) is 0 Å². The molecule has 0 heterocycles. The summed E-state index contributed by atoms with van der Waals surface area (Å²) < 4.78 is 0. The van der Waals surface area contributed by atoms with Gasteiger partial charge in [-0.1, -0.05) is 35.5 Å². The van der Waals surface area contributed by atoms with E-state index in [1.54, 1.807) is 12.2 Å². The summed E-state index contributed by atoms with van der Waals surface area (Å²) in [5.41, 5.74) is 4.51. The maximum atomic E-state index is 10.2. The third-order valence-electron chi connectivity index (χ3n) is 4.35. The summed E-state index contributed by atoms with van der Waals surface area (Å²) in [6.45, 7) is 6.22. The van der Waals surface area contributed by atoms with Gasteiger partial charge in [-0.05, 0) is 75.4 Å². The van der Waals surface area contributed by atoms with Crippen molar-refractivity contribution in [1.82, 2.24) is 0 Å². The van der Waals surface area contributed by atoms with Crippen LogP contribution in [0.5, 0.6) is 23.0 Å². The summed E-state index contributed by atoms with van der Waals surface area (Å²) in [7, 11) is 0. The zero-order chi connectivity index (χ0) is 20.7. The van der Waals surface area contributed by atoms with Crippen molar-refractivity contribution in [2.45, 2.75) is 40.0 Å². The van der Waals surface area contributed by atoms with Crippen molar-refractivity contribution in [2.75, 3.05) is 0 Å². The lowest BCUT2D eigenvalue weighted by Gasteiger charge is -2.07. The smallest absolute Gasteiger partial charge is 0.161 e. The van der Waals surface area contributed by atoms with E-state index in [0.29, 0.717) is 23.1 Å². The van der Waals surface area contributed by atoms with E-state index in [9.17, 15) is 20.4 Å². The van der Waals surface area contributed by atoms with E-state index < -0.39 is 0 Å². The first kappa shape index (κ1) is 21.2. The van der Waals surface area contributed by atoms with E-state index in [-0.39, 0.29) is 23.0 Å². The second-order valence-corrected chi connectivity index (χ2v) is 7.24. The lowest BCUT2D eigenvalue weighted by molar-refractivity contribution is 0.400. The molecule has 0 aliphatic carbocycles. The van der Waals surface area contributed by atoms with Gasteiger partial charge in [-0.3, -0.25) is 0 Å². The fraction of sp³-hybridized carbons (Fsp3) is 0.250. The molecule has 0 aliphatic rings. The monoisotopic (exact) mass is 380 g/mol. The minimum atomic E-state index is -0.175. The maximum Gasteiger partial charge on any atom is 0.161 e. The molecule has 0 radical (unpaired) electrons. The van der Waals surface area contributed by atoms with Crippen molar-refractivity contribution in [3.05, 3.63) is 70.3 Å². The summed E-state index contributed by atoms with van der Waals surface area (Å²) in [5, 5.41) is 39.3. The van der Waals surface area contributed by atoms with Crippen LogP contribution in [-0.4, -0.2) is 20.4 Å². The van der Waals surface area contributed by atoms with Gasteiger partial charge in [0.2, 0.25) is 0 Å². The zero-order valence-corrected chi connectivity index (χ0v) is 16.6. The van der Waals surface area contributed by atoms with Crippen LogP contribution in [0, 0.1) is 0 Å². The predicted octanol–water partition coefficient (Wildman–Crippen LogP) is 5.91. The average molecular weight is 380 g/mol. The molecule has 28 heavy (non-hydrogen) atoms. The summed E-state index contributed by atoms with van der Waals surface area (Å²) in [6.07, 6.45) is 10.2. The zero-order valence-electron chi connectivity index (χ0n) is 16.6. The molecule has 0 saturated heterocycles. The molecule has 0 unspecified atom stereocenters. The molecule has 0 spiro atoms. The molecule has 2 aromatic carbocycles. The van der Waals surface area contributed by atoms with Gasteiger partial charge >= 0.3 is 0 Å². The minimum Gasteiger partial charge on any atom is -0.508 e. The SMILES string of the molecule is CC(C)=CCC/C(C)=C/Cc1cc(/C=C/c2cc(O)cc(O)c2)cc(O)c1O. The predicted molar refractivity (Wildman–Crippen MR) is 115 cm³/mol. The number of phenols is 4. The second-order valence-electron chi connectivity index (χ2n) is 7.24. The van der Waals surface area contributed by atoms with Crippen LogP contribution in [0.25, 0.3) is 12.2 Å². The number of benzene rings is 2. The van der Waals surface area contributed by atoms with E-state index in [1.807, 2.05) is 6.07 Å². The molecule has 148 valence electrons. The first-order valence-corrected chi connectivity index (χ1v) is 9.29. The van der Waals surface area contributed by atoms with Crippen LogP contribution in [-0.2, 0) is 6.42 Å². The lowest BCUT2D eigenvalue weighted by atomic mass is 10.0. The first-order valence-electron chi connectivity index (χ1n) is 9.29. The van der Waals surface area contributed by atoms with Crippen molar-refractivity contribution in [3.63, 3.8) is 0 Å². The van der Waals surface area contributed by atoms with E-state index in [2.05, 4.69) is 32.9 Å². The maximum absolute atomic E-state index is 10.2. The number of phenolic OH excluding ortho intramolecular Hbond substituents is 4. The normalized spacial score (nSPS) is 11.8. The highest BCUT2D eigenvalue weighted by Gasteiger charge is 2.07. The third-order valence-corrected chi connectivity index (χ3v) is 4.35. The van der Waals surface area contributed by atoms with Crippen molar-refractivity contribution in [1.29, 1.82) is 0 Å². The molecular formula is C24H28O4. The molecule has 4 N–H and O–H groups in total. The van der Waals surface area contributed by atoms with Gasteiger partial charge in [-0.15, -0.1) is 0 Å². The molecule has 0 fully saturated rings. The molecule has 0 atom stereocenters. The van der Waals surface area contributed by atoms with Crippen LogP contribution >= 0.6 is 0 Å². The van der Waals surface area contributed by atoms with Crippen molar-refractivity contribution >= 4 is 12.2 Å². The van der Waals surface area contributed by atoms with E-state index in [4.69, 9.17) is 0 Å². The van der Waals surface area contributed by atoms with Crippen LogP contribution in [0.4, 0.5) is 0 Å². The molecule has 0 bridgehead atoms. The highest BCUT2D eigenvalue weighted by atomic mass is 16.3. The molecule has 4 nitrogen and oxygen atoms in total. The molecule has 0 saturated carbocycles. The lowest BCUT2D eigenvalue weighted by Crippen LogP contribution is -1.88. The number of hydrogen-bond donors (Lipinski definition) is 4. The molecule has 2 rings (SSSR count). The summed E-state index contributed by atoms with van der Waals surface area (Å²) in [6, 6.07) is 7.59. The number of rotatable bonds is 7. The fourth-order valence-electron chi connectivity index (χ4n) is 2.84. The Labute approximate surface area is 166 Å². The third kappa shape index (κ3) is 6.54. The van der Waals surface area contributed by atoms with E-state index in [1.165, 1.54) is 35.4 Å². The summed E-state index contributed by atoms with van der Waals surface area (Å²) >= 11 is 0. The van der Waals surface area contributed by atoms with Gasteiger partial charge in [0, 0.05) is 11.6 Å². The molecule has 0 amide bonds. The van der Waals surface area contributed by atoms with Gasteiger partial charge in [0.1, 0.15) is 11.5 Å². The molecule has 2 aromatic rings. The standard InChI is InChI=1S/C24H28O4/c1-16(2)5-4-6-17(3)7-10-20-11-18(14-23(27)24(20)28)8-9-19-12-21(25)15-22(26)13-19/h5,7-9,11-15,25-28H,4,6,10H2,1-3H3/b9-8+,17-7+. The van der Waals surface area contributed by atoms with Crippen molar-refractivity contribution < 1.29 is 20.4 Å². The molecule has 4 heteroatoms. The number of aromatic hydroxyl groups is 4. The van der Waals surface area contributed by atoms with Crippen LogP contribution in [0.3, 0.4) is 0 Å². The van der Waals surface area contributed by atoms with E-state index in [0.717, 1.165) is 12.8 Å². The Hall–Kier alpha value is -3.14. The van der Waals surface area contributed by atoms with Gasteiger partial charge < -0.3 is 20.4 Å². The number of allylic oxidation sites excluding steroid dienone is 4. The molecular weight excluding hydrogens is 352 g/mol. The second kappa shape index (κ2) is 9.70. The largest absolute Gasteiger partial charge is 0.508 e. The topological polar surface area (TPSA) is 80.9 Å². The first-order chi connectivity index (χ1) is 13.2. The van der Waals surface area contributed by atoms with Gasteiger partial charge in [-0.2, -0.15) is 0 Å². The Kier molecular flexibility index (Phi) is 7.33. The Balaban J connectivity index is 2.17. The van der Waals surface area contributed by atoms with Gasteiger partial charge in [0.15, 0.2) is 11.5 Å². The fourth-order valence-corrected chi connectivity index (χ4v) is 2.84. The van der Waals surface area contributed by atoms with Crippen molar-refractivity contribution in [2.24, 2.45) is 0 Å². The van der Waals surface area contributed by atoms with Crippen LogP contribution in [0.1, 0.15) is 50.3 Å². The summed E-state index contributed by atoms with van der Waals surface area (Å²) in [4.78, 5) is 0. The van der Waals surface area contributed by atoms with Gasteiger partial charge in [-0.25, -0.2) is 0 Å². The molecule has 0 aromatic heterocycles. The van der Waals surface area contributed by atoms with E-state index >= 15 is 0 Å². The number of hydrogen-bond acceptors (Lipinski definition) is 4. The van der Waals surface area contributed by atoms with Gasteiger partial charge in [0.25, 0.3) is 0 Å². The Morgan fingerprint density at radius 1 is 0.786 bits per heavy atom. The Morgan fingerprint density at radius 3 is 2.00 bits per heavy atom. The van der Waals surface area contributed by atoms with Crippen LogP contribution in [0.15, 0.2) is 53.6 Å². The molecule has 0 aliphatic heterocycles. The highest BCUT2D eigenvalue weighted by molar-refractivity contribution is 5.72. The summed E-state index contributed by atoms with van der Waals surface area (Å²) in [5.74, 6) is -0.336. The Bertz CT molecular complexity index is 896. The minimum absolute atomic E-state index is 0.0254. The Morgan fingerprint density at radius 2 is 1.39 bits per heavy atom. The highest BCUT2D eigenvalue weighted by Crippen LogP contribution is 2.32. The van der Waals surface area contributed by atoms with Crippen molar-refractivity contribution in [3.8, 4) is 23.0 Å². The average Bonchev–Trinajstić information content (AvgIpc) is 2.60.